The maximum Gasteiger partial charge on any atom is 0.220 e. The van der Waals surface area contributed by atoms with Crippen molar-refractivity contribution < 1.29 is 89.4 Å². The molecular weight excluding hydrogens is 1020 g/mol. The molecule has 3 aliphatic heterocycles. The summed E-state index contributed by atoms with van der Waals surface area (Å²) in [6, 6.07) is -0.983. The second-order valence-corrected chi connectivity index (χ2v) is 22.5. The van der Waals surface area contributed by atoms with Crippen LogP contribution in [0, 0.1) is 0 Å². The lowest BCUT2D eigenvalue weighted by atomic mass is 9.96. The van der Waals surface area contributed by atoms with Crippen molar-refractivity contribution in [2.24, 2.45) is 0 Å². The normalized spacial score (nSPS) is 30.4. The van der Waals surface area contributed by atoms with Crippen molar-refractivity contribution in [2.75, 3.05) is 26.4 Å². The van der Waals surface area contributed by atoms with Crippen LogP contribution < -0.4 is 5.32 Å². The van der Waals surface area contributed by atoms with Crippen molar-refractivity contribution in [3.05, 3.63) is 24.3 Å². The van der Waals surface area contributed by atoms with Crippen molar-refractivity contribution in [1.82, 2.24) is 5.32 Å². The number of allylic oxidation sites excluding steroid dienone is 3. The van der Waals surface area contributed by atoms with Crippen molar-refractivity contribution in [1.29, 1.82) is 0 Å². The smallest absolute Gasteiger partial charge is 0.220 e. The van der Waals surface area contributed by atoms with Crippen LogP contribution in [0.4, 0.5) is 0 Å². The summed E-state index contributed by atoms with van der Waals surface area (Å²) in [5, 5.41) is 120. The fraction of sp³-hybridized carbons (Fsp3) is 0.917. The third kappa shape index (κ3) is 27.7. The van der Waals surface area contributed by atoms with E-state index >= 15 is 0 Å². The number of unbranched alkanes of at least 4 members (excludes halogenated alkanes) is 28. The summed E-state index contributed by atoms with van der Waals surface area (Å²) in [5.41, 5.74) is 0. The highest BCUT2D eigenvalue weighted by Gasteiger charge is 2.53. The van der Waals surface area contributed by atoms with Gasteiger partial charge in [-0.15, -0.1) is 0 Å². The molecule has 3 aliphatic rings. The third-order valence-corrected chi connectivity index (χ3v) is 15.8. The number of carbonyl (C=O) groups is 1. The molecule has 3 rings (SSSR count). The molecular formula is C60H111NO18. The predicted octanol–water partition coefficient (Wildman–Crippen LogP) is 5.93. The van der Waals surface area contributed by atoms with Gasteiger partial charge in [-0.1, -0.05) is 205 Å². The molecule has 17 unspecified atom stereocenters. The Morgan fingerprint density at radius 2 is 0.810 bits per heavy atom. The minimum absolute atomic E-state index is 0.240. The molecule has 17 atom stereocenters. The highest BCUT2D eigenvalue weighted by molar-refractivity contribution is 5.76. The first-order chi connectivity index (χ1) is 38.3. The molecule has 0 spiro atoms. The first-order valence-electron chi connectivity index (χ1n) is 31.1. The van der Waals surface area contributed by atoms with E-state index in [1.54, 1.807) is 6.08 Å². The van der Waals surface area contributed by atoms with Crippen molar-refractivity contribution in [3.63, 3.8) is 0 Å². The van der Waals surface area contributed by atoms with E-state index in [-0.39, 0.29) is 18.9 Å². The maximum absolute atomic E-state index is 13.3. The van der Waals surface area contributed by atoms with Crippen LogP contribution in [0.3, 0.4) is 0 Å². The Morgan fingerprint density at radius 3 is 1.27 bits per heavy atom. The lowest BCUT2D eigenvalue weighted by Gasteiger charge is -2.48. The van der Waals surface area contributed by atoms with E-state index in [1.807, 2.05) is 6.08 Å². The number of hydrogen-bond acceptors (Lipinski definition) is 18. The lowest BCUT2D eigenvalue weighted by Crippen LogP contribution is -2.66. The third-order valence-electron chi connectivity index (χ3n) is 15.8. The molecule has 3 heterocycles. The van der Waals surface area contributed by atoms with E-state index in [0.717, 1.165) is 44.9 Å². The average Bonchev–Trinajstić information content (AvgIpc) is 3.44. The Kier molecular flexibility index (Phi) is 39.7. The van der Waals surface area contributed by atoms with Gasteiger partial charge in [-0.3, -0.25) is 4.79 Å². The fourth-order valence-electron chi connectivity index (χ4n) is 10.6. The number of ether oxygens (including phenoxy) is 6. The number of aliphatic hydroxyl groups excluding tert-OH is 11. The summed E-state index contributed by atoms with van der Waals surface area (Å²) >= 11 is 0. The predicted molar refractivity (Wildman–Crippen MR) is 300 cm³/mol. The van der Waals surface area contributed by atoms with Crippen LogP contribution in [0.15, 0.2) is 24.3 Å². The zero-order valence-electron chi connectivity index (χ0n) is 48.4. The van der Waals surface area contributed by atoms with Crippen LogP contribution in [-0.2, 0) is 33.2 Å². The van der Waals surface area contributed by atoms with Gasteiger partial charge in [0.1, 0.15) is 73.2 Å². The molecule has 0 aromatic rings. The van der Waals surface area contributed by atoms with E-state index in [4.69, 9.17) is 28.4 Å². The maximum atomic E-state index is 13.3. The summed E-state index contributed by atoms with van der Waals surface area (Å²) in [5.74, 6) is -0.285. The van der Waals surface area contributed by atoms with Crippen LogP contribution >= 0.6 is 0 Å². The molecule has 0 aromatic carbocycles. The van der Waals surface area contributed by atoms with Crippen LogP contribution in [-0.4, -0.2) is 193 Å². The SMILES string of the molecule is CCCCC/C=C/CC/C=C/C(O)C(COC1OC(CO)C(OC2OC(CO)C(OC3OC(CO)C(O)C(O)C3O)C(O)C2O)C(O)C1O)NC(=O)CCCCCCCCCCCCCCCCCCCCCCCCCCC. The Hall–Kier alpha value is -1.73. The number of hydrogen-bond donors (Lipinski definition) is 12. The molecule has 12 N–H and O–H groups in total. The Bertz CT molecular complexity index is 1540. The molecule has 0 saturated carbocycles. The van der Waals surface area contributed by atoms with Crippen molar-refractivity contribution >= 4 is 5.91 Å². The van der Waals surface area contributed by atoms with Gasteiger partial charge in [0.25, 0.3) is 0 Å². The van der Waals surface area contributed by atoms with Crippen LogP contribution in [0.2, 0.25) is 0 Å². The summed E-state index contributed by atoms with van der Waals surface area (Å²) < 4.78 is 34.2. The van der Waals surface area contributed by atoms with E-state index in [1.165, 1.54) is 141 Å². The molecule has 0 radical (unpaired) electrons. The molecule has 19 nitrogen and oxygen atoms in total. The summed E-state index contributed by atoms with van der Waals surface area (Å²) in [6.45, 7) is 1.65. The van der Waals surface area contributed by atoms with Crippen molar-refractivity contribution in [3.8, 4) is 0 Å². The topological polar surface area (TPSA) is 307 Å². The molecule has 0 aromatic heterocycles. The minimum Gasteiger partial charge on any atom is -0.394 e. The fourth-order valence-corrected chi connectivity index (χ4v) is 10.6. The van der Waals surface area contributed by atoms with Gasteiger partial charge in [0, 0.05) is 6.42 Å². The van der Waals surface area contributed by atoms with Gasteiger partial charge >= 0.3 is 0 Å². The molecule has 0 aliphatic carbocycles. The number of rotatable bonds is 46. The zero-order valence-corrected chi connectivity index (χ0v) is 48.4. The van der Waals surface area contributed by atoms with Crippen LogP contribution in [0.25, 0.3) is 0 Å². The van der Waals surface area contributed by atoms with Crippen LogP contribution in [0.5, 0.6) is 0 Å². The van der Waals surface area contributed by atoms with Gasteiger partial charge < -0.3 is 89.9 Å². The van der Waals surface area contributed by atoms with Crippen LogP contribution in [0.1, 0.15) is 219 Å². The second-order valence-electron chi connectivity index (χ2n) is 22.5. The minimum atomic E-state index is -1.98. The highest BCUT2D eigenvalue weighted by Crippen LogP contribution is 2.33. The monoisotopic (exact) mass is 1130 g/mol. The van der Waals surface area contributed by atoms with E-state index in [2.05, 4.69) is 31.3 Å². The van der Waals surface area contributed by atoms with Gasteiger partial charge in [-0.05, 0) is 32.1 Å². The standard InChI is InChI=1S/C60H111NO18/c1-3-5-7-9-11-13-14-15-16-17-18-19-20-21-22-23-24-25-26-27-28-30-32-34-36-38-48(66)61-43(44(65)37-35-33-31-29-12-10-8-6-4-2)42-74-58-54(72)51(69)56(46(40-63)76-58)79-60-55(73)52(70)57(47(41-64)77-60)78-59-53(71)50(68)49(67)45(39-62)75-59/h12,29,35,37,43-47,49-60,62-65,67-73H,3-11,13-28,30-34,36,38-42H2,1-2H3,(H,61,66)/b29-12+,37-35+. The lowest BCUT2D eigenvalue weighted by molar-refractivity contribution is -0.379. The van der Waals surface area contributed by atoms with Gasteiger partial charge in [-0.25, -0.2) is 0 Å². The summed E-state index contributed by atoms with van der Waals surface area (Å²) in [6.07, 6.45) is 19.2. The molecule has 1 amide bonds. The number of amides is 1. The number of nitrogens with one attached hydrogen (secondary N) is 1. The van der Waals surface area contributed by atoms with Crippen molar-refractivity contribution in [2.45, 2.75) is 324 Å². The molecule has 19 heteroatoms. The van der Waals surface area contributed by atoms with Gasteiger partial charge in [0.15, 0.2) is 18.9 Å². The summed E-state index contributed by atoms with van der Waals surface area (Å²) in [7, 11) is 0. The largest absolute Gasteiger partial charge is 0.394 e. The molecule has 0 bridgehead atoms. The number of aliphatic hydroxyl groups is 11. The summed E-state index contributed by atoms with van der Waals surface area (Å²) in [4.78, 5) is 13.3. The molecule has 3 saturated heterocycles. The van der Waals surface area contributed by atoms with E-state index in [0.29, 0.717) is 12.8 Å². The molecule has 464 valence electrons. The first kappa shape index (κ1) is 71.5. The quantitative estimate of drug-likeness (QED) is 0.0248. The van der Waals surface area contributed by atoms with Gasteiger partial charge in [0.2, 0.25) is 5.91 Å². The average molecular weight is 1130 g/mol. The number of carbonyl (C=O) groups excluding carboxylic acids is 1. The Labute approximate surface area is 473 Å². The Balaban J connectivity index is 1.41. The highest BCUT2D eigenvalue weighted by atomic mass is 16.8. The van der Waals surface area contributed by atoms with Gasteiger partial charge in [0.05, 0.1) is 38.6 Å². The molecule has 79 heavy (non-hydrogen) atoms. The second kappa shape index (κ2) is 43.8. The van der Waals surface area contributed by atoms with Gasteiger partial charge in [-0.2, -0.15) is 0 Å². The Morgan fingerprint density at radius 1 is 0.443 bits per heavy atom. The zero-order chi connectivity index (χ0) is 57.6. The molecule has 3 fully saturated rings. The van der Waals surface area contributed by atoms with E-state index < -0.39 is 124 Å². The first-order valence-corrected chi connectivity index (χ1v) is 31.1. The van der Waals surface area contributed by atoms with E-state index in [9.17, 15) is 61.0 Å².